The number of aromatic hydroxyl groups is 1. The Hall–Kier alpha value is -1.26. The predicted molar refractivity (Wildman–Crippen MR) is 91.6 cm³/mol. The third-order valence-electron chi connectivity index (χ3n) is 2.67. The van der Waals surface area contributed by atoms with Crippen LogP contribution in [0.5, 0.6) is 5.75 Å². The van der Waals surface area contributed by atoms with Crippen LogP contribution in [0.1, 0.15) is 47.1 Å². The van der Waals surface area contributed by atoms with E-state index >= 15 is 0 Å². The van der Waals surface area contributed by atoms with Crippen LogP contribution in [0.25, 0.3) is 0 Å². The highest BCUT2D eigenvalue weighted by molar-refractivity contribution is 5.85. The molecule has 0 aliphatic heterocycles. The lowest BCUT2D eigenvalue weighted by Crippen LogP contribution is -2.50. The Balaban J connectivity index is 0.00000441. The number of hydrogen-bond acceptors (Lipinski definition) is 4. The Morgan fingerprint density at radius 3 is 2.05 bits per heavy atom. The molecule has 0 amide bonds. The van der Waals surface area contributed by atoms with Gasteiger partial charge in [-0.3, -0.25) is 10.1 Å². The van der Waals surface area contributed by atoms with Crippen molar-refractivity contribution in [2.45, 2.75) is 65.1 Å². The zero-order valence-electron chi connectivity index (χ0n) is 14.3. The molecule has 0 spiro atoms. The van der Waals surface area contributed by atoms with E-state index in [0.29, 0.717) is 6.42 Å². The molecule has 0 unspecified atom stereocenters. The van der Waals surface area contributed by atoms with Crippen molar-refractivity contribution < 1.29 is 14.6 Å². The number of hydrogen-bond donors (Lipinski definition) is 2. The number of carbonyl (C=O) groups excluding carboxylic acids is 1. The second-order valence-corrected chi connectivity index (χ2v) is 7.35. The summed E-state index contributed by atoms with van der Waals surface area (Å²) in [6, 6.07) is 6.46. The number of phenolic OH excluding ortho intramolecular Hbond substituents is 1. The molecule has 0 fully saturated rings. The van der Waals surface area contributed by atoms with Crippen LogP contribution in [0.15, 0.2) is 24.3 Å². The molecule has 0 saturated carbocycles. The Labute approximate surface area is 139 Å². The molecule has 0 aromatic heterocycles. The third kappa shape index (κ3) is 8.25. The van der Waals surface area contributed by atoms with Gasteiger partial charge in [-0.2, -0.15) is 0 Å². The zero-order valence-corrected chi connectivity index (χ0v) is 15.1. The second kappa shape index (κ2) is 7.84. The molecule has 1 atom stereocenters. The van der Waals surface area contributed by atoms with Crippen molar-refractivity contribution in [2.75, 3.05) is 0 Å². The third-order valence-corrected chi connectivity index (χ3v) is 2.67. The zero-order chi connectivity index (χ0) is 16.3. The van der Waals surface area contributed by atoms with Gasteiger partial charge in [-0.1, -0.05) is 12.1 Å². The number of rotatable bonds is 4. The maximum Gasteiger partial charge on any atom is 0.324 e. The van der Waals surface area contributed by atoms with Gasteiger partial charge in [0.2, 0.25) is 0 Å². The Morgan fingerprint density at radius 2 is 1.64 bits per heavy atom. The minimum absolute atomic E-state index is 0. The van der Waals surface area contributed by atoms with E-state index in [1.807, 2.05) is 53.7 Å². The lowest BCUT2D eigenvalue weighted by atomic mass is 10.0. The Morgan fingerprint density at radius 1 is 1.14 bits per heavy atom. The van der Waals surface area contributed by atoms with E-state index in [4.69, 9.17) is 4.74 Å². The minimum Gasteiger partial charge on any atom is -0.508 e. The minimum atomic E-state index is -0.510. The van der Waals surface area contributed by atoms with E-state index in [9.17, 15) is 9.90 Å². The summed E-state index contributed by atoms with van der Waals surface area (Å²) in [6.45, 7) is 11.6. The topological polar surface area (TPSA) is 58.6 Å². The van der Waals surface area contributed by atoms with Crippen molar-refractivity contribution in [3.8, 4) is 5.75 Å². The van der Waals surface area contributed by atoms with Crippen LogP contribution >= 0.6 is 12.4 Å². The summed E-state index contributed by atoms with van der Waals surface area (Å²) in [7, 11) is 0. The summed E-state index contributed by atoms with van der Waals surface area (Å²) in [5, 5.41) is 12.6. The molecular formula is C17H28ClNO3. The Kier molecular flexibility index (Phi) is 7.39. The number of carbonyl (C=O) groups is 1. The molecule has 22 heavy (non-hydrogen) atoms. The van der Waals surface area contributed by atoms with Crippen LogP contribution in [-0.2, 0) is 16.0 Å². The average molecular weight is 330 g/mol. The van der Waals surface area contributed by atoms with Gasteiger partial charge in [0.05, 0.1) is 0 Å². The maximum absolute atomic E-state index is 12.4. The molecule has 5 heteroatoms. The molecule has 0 radical (unpaired) electrons. The summed E-state index contributed by atoms with van der Waals surface area (Å²) in [5.74, 6) is -0.0400. The van der Waals surface area contributed by atoms with E-state index < -0.39 is 11.6 Å². The van der Waals surface area contributed by atoms with Crippen molar-refractivity contribution in [1.29, 1.82) is 0 Å². The van der Waals surface area contributed by atoms with Crippen molar-refractivity contribution in [3.63, 3.8) is 0 Å². The van der Waals surface area contributed by atoms with Crippen molar-refractivity contribution in [1.82, 2.24) is 5.32 Å². The van der Waals surface area contributed by atoms with Gasteiger partial charge in [-0.15, -0.1) is 12.4 Å². The molecule has 4 nitrogen and oxygen atoms in total. The highest BCUT2D eigenvalue weighted by Crippen LogP contribution is 2.16. The van der Waals surface area contributed by atoms with E-state index in [1.54, 1.807) is 12.1 Å². The van der Waals surface area contributed by atoms with Gasteiger partial charge < -0.3 is 9.84 Å². The predicted octanol–water partition coefficient (Wildman–Crippen LogP) is 3.45. The number of benzene rings is 1. The maximum atomic E-state index is 12.4. The van der Waals surface area contributed by atoms with Crippen LogP contribution in [-0.4, -0.2) is 28.3 Å². The number of nitrogens with one attached hydrogen (secondary N) is 1. The lowest BCUT2D eigenvalue weighted by Gasteiger charge is -2.30. The molecule has 0 aliphatic carbocycles. The fourth-order valence-corrected chi connectivity index (χ4v) is 1.96. The van der Waals surface area contributed by atoms with E-state index in [2.05, 4.69) is 5.32 Å². The van der Waals surface area contributed by atoms with Gasteiger partial charge in [0.1, 0.15) is 17.4 Å². The summed E-state index contributed by atoms with van der Waals surface area (Å²) < 4.78 is 5.49. The summed E-state index contributed by atoms with van der Waals surface area (Å²) in [6.07, 6.45) is 0.520. The molecular weight excluding hydrogens is 302 g/mol. The lowest BCUT2D eigenvalue weighted by molar-refractivity contribution is -0.158. The molecule has 0 aliphatic rings. The van der Waals surface area contributed by atoms with Crippen LogP contribution in [0.4, 0.5) is 0 Å². The molecule has 1 rings (SSSR count). The van der Waals surface area contributed by atoms with Gasteiger partial charge in [-0.25, -0.2) is 0 Å². The summed E-state index contributed by atoms with van der Waals surface area (Å²) in [5.41, 5.74) is 0.267. The largest absolute Gasteiger partial charge is 0.508 e. The van der Waals surface area contributed by atoms with Crippen molar-refractivity contribution in [2.24, 2.45) is 0 Å². The highest BCUT2D eigenvalue weighted by atomic mass is 35.5. The van der Waals surface area contributed by atoms with Crippen molar-refractivity contribution >= 4 is 18.4 Å². The van der Waals surface area contributed by atoms with E-state index in [-0.39, 0.29) is 29.7 Å². The average Bonchev–Trinajstić information content (AvgIpc) is 2.27. The first-order valence-electron chi connectivity index (χ1n) is 7.25. The molecule has 1 aromatic carbocycles. The SMILES string of the molecule is CC(C)(C)N[C@@H](Cc1ccc(O)cc1)C(=O)OC(C)(C)C.Cl. The Bertz CT molecular complexity index is 472. The molecule has 126 valence electrons. The monoisotopic (exact) mass is 329 g/mol. The molecule has 2 N–H and O–H groups in total. The summed E-state index contributed by atoms with van der Waals surface area (Å²) in [4.78, 5) is 12.4. The van der Waals surface area contributed by atoms with Crippen LogP contribution in [0, 0.1) is 0 Å². The first-order chi connectivity index (χ1) is 9.46. The van der Waals surface area contributed by atoms with Gasteiger partial charge in [0, 0.05) is 5.54 Å². The van der Waals surface area contributed by atoms with Crippen LogP contribution in [0.2, 0.25) is 0 Å². The number of halogens is 1. The van der Waals surface area contributed by atoms with E-state index in [0.717, 1.165) is 5.56 Å². The first kappa shape index (κ1) is 20.7. The van der Waals surface area contributed by atoms with Gasteiger partial charge >= 0.3 is 5.97 Å². The standard InChI is InChI=1S/C17H27NO3.ClH/c1-16(2,3)18-14(15(20)21-17(4,5)6)11-12-7-9-13(19)10-8-12;/h7-10,14,18-19H,11H2,1-6H3;1H/t14-;/m0./s1. The summed E-state index contributed by atoms with van der Waals surface area (Å²) >= 11 is 0. The highest BCUT2D eigenvalue weighted by Gasteiger charge is 2.28. The van der Waals surface area contributed by atoms with Crippen LogP contribution < -0.4 is 5.32 Å². The quantitative estimate of drug-likeness (QED) is 0.831. The van der Waals surface area contributed by atoms with Gasteiger partial charge in [-0.05, 0) is 65.7 Å². The molecule has 1 aromatic rings. The van der Waals surface area contributed by atoms with Gasteiger partial charge in [0.25, 0.3) is 0 Å². The second-order valence-electron chi connectivity index (χ2n) is 7.35. The molecule has 0 saturated heterocycles. The van der Waals surface area contributed by atoms with Gasteiger partial charge in [0.15, 0.2) is 0 Å². The van der Waals surface area contributed by atoms with Crippen LogP contribution in [0.3, 0.4) is 0 Å². The van der Waals surface area contributed by atoms with E-state index in [1.165, 1.54) is 0 Å². The number of esters is 1. The number of ether oxygens (including phenoxy) is 1. The molecule has 0 bridgehead atoms. The fraction of sp³-hybridized carbons (Fsp3) is 0.588. The first-order valence-corrected chi connectivity index (χ1v) is 7.25. The normalized spacial score (nSPS) is 13.2. The smallest absolute Gasteiger partial charge is 0.324 e. The fourth-order valence-electron chi connectivity index (χ4n) is 1.96. The molecule has 0 heterocycles. The number of phenols is 1. The van der Waals surface area contributed by atoms with Crippen molar-refractivity contribution in [3.05, 3.63) is 29.8 Å².